The van der Waals surface area contributed by atoms with Gasteiger partial charge in [-0.25, -0.2) is 4.39 Å². The van der Waals surface area contributed by atoms with Crippen LogP contribution in [0.3, 0.4) is 0 Å². The zero-order valence-corrected chi connectivity index (χ0v) is 15.9. The Morgan fingerprint density at radius 1 is 1.22 bits per heavy atom. The lowest BCUT2D eigenvalue weighted by atomic mass is 10.1. The smallest absolute Gasteiger partial charge is 0.249 e. The Labute approximate surface area is 162 Å². The van der Waals surface area contributed by atoms with Gasteiger partial charge in [-0.1, -0.05) is 35.9 Å². The van der Waals surface area contributed by atoms with Crippen molar-refractivity contribution in [3.8, 4) is 0 Å². The second-order valence-electron chi connectivity index (χ2n) is 6.53. The van der Waals surface area contributed by atoms with E-state index in [1.165, 1.54) is 23.1 Å². The summed E-state index contributed by atoms with van der Waals surface area (Å²) in [5, 5.41) is 0.507. The molecule has 0 aromatic heterocycles. The summed E-state index contributed by atoms with van der Waals surface area (Å²) in [4.78, 5) is 28.5. The van der Waals surface area contributed by atoms with Gasteiger partial charge in [0.25, 0.3) is 0 Å². The van der Waals surface area contributed by atoms with Crippen molar-refractivity contribution in [3.63, 3.8) is 0 Å². The van der Waals surface area contributed by atoms with Gasteiger partial charge >= 0.3 is 0 Å². The molecule has 0 bridgehead atoms. The summed E-state index contributed by atoms with van der Waals surface area (Å²) in [7, 11) is 1.62. The third-order valence-electron chi connectivity index (χ3n) is 4.78. The van der Waals surface area contributed by atoms with Crippen LogP contribution in [0.2, 0.25) is 5.02 Å². The van der Waals surface area contributed by atoms with Crippen molar-refractivity contribution < 1.29 is 14.0 Å². The Bertz CT molecular complexity index is 895. The van der Waals surface area contributed by atoms with E-state index < -0.39 is 6.04 Å². The van der Waals surface area contributed by atoms with Crippen molar-refractivity contribution in [1.82, 2.24) is 4.90 Å². The van der Waals surface area contributed by atoms with E-state index in [9.17, 15) is 14.0 Å². The SMILES string of the molecule is CC(=CC(=O)N(C)C1CCN(c2ccccc2Cl)C1=O)c1ccc(F)cc1. The molecule has 0 N–H and O–H groups in total. The third-order valence-corrected chi connectivity index (χ3v) is 5.09. The van der Waals surface area contributed by atoms with Crippen LogP contribution in [0.5, 0.6) is 0 Å². The largest absolute Gasteiger partial charge is 0.330 e. The average molecular weight is 387 g/mol. The molecule has 1 unspecified atom stereocenters. The second kappa shape index (κ2) is 7.92. The molecule has 0 spiro atoms. The predicted molar refractivity (Wildman–Crippen MR) is 105 cm³/mol. The fraction of sp³-hybridized carbons (Fsp3) is 0.238. The lowest BCUT2D eigenvalue weighted by molar-refractivity contribution is -0.132. The van der Waals surface area contributed by atoms with E-state index in [-0.39, 0.29) is 17.6 Å². The zero-order chi connectivity index (χ0) is 19.6. The molecule has 0 radical (unpaired) electrons. The molecular formula is C21H20ClFN2O2. The van der Waals surface area contributed by atoms with Gasteiger partial charge in [0.15, 0.2) is 0 Å². The van der Waals surface area contributed by atoms with Gasteiger partial charge in [-0.05, 0) is 48.7 Å². The Morgan fingerprint density at radius 3 is 2.56 bits per heavy atom. The van der Waals surface area contributed by atoms with Gasteiger partial charge in [0.05, 0.1) is 10.7 Å². The van der Waals surface area contributed by atoms with E-state index in [4.69, 9.17) is 11.6 Å². The molecule has 1 aliphatic rings. The van der Waals surface area contributed by atoms with E-state index in [0.29, 0.717) is 29.2 Å². The normalized spacial score (nSPS) is 17.3. The molecule has 1 atom stereocenters. The third kappa shape index (κ3) is 4.03. The summed E-state index contributed by atoms with van der Waals surface area (Å²) in [6, 6.07) is 12.6. The van der Waals surface area contributed by atoms with Crippen LogP contribution in [0.25, 0.3) is 5.57 Å². The van der Waals surface area contributed by atoms with Crippen LogP contribution >= 0.6 is 11.6 Å². The van der Waals surface area contributed by atoms with Crippen LogP contribution in [0, 0.1) is 5.82 Å². The molecule has 140 valence electrons. The molecule has 27 heavy (non-hydrogen) atoms. The molecule has 1 aliphatic heterocycles. The highest BCUT2D eigenvalue weighted by Crippen LogP contribution is 2.30. The van der Waals surface area contributed by atoms with Gasteiger partial charge in [0, 0.05) is 19.7 Å². The summed E-state index contributed by atoms with van der Waals surface area (Å²) in [5.41, 5.74) is 2.12. The maximum absolute atomic E-state index is 13.0. The highest BCUT2D eigenvalue weighted by atomic mass is 35.5. The number of anilines is 1. The summed E-state index contributed by atoms with van der Waals surface area (Å²) >= 11 is 6.20. The molecule has 4 nitrogen and oxygen atoms in total. The fourth-order valence-corrected chi connectivity index (χ4v) is 3.41. The van der Waals surface area contributed by atoms with Crippen molar-refractivity contribution in [3.05, 3.63) is 71.0 Å². The number of carbonyl (C=O) groups is 2. The van der Waals surface area contributed by atoms with E-state index in [2.05, 4.69) is 0 Å². The van der Waals surface area contributed by atoms with Crippen molar-refractivity contribution in [2.75, 3.05) is 18.5 Å². The number of hydrogen-bond donors (Lipinski definition) is 0. The molecule has 1 fully saturated rings. The molecule has 6 heteroatoms. The van der Waals surface area contributed by atoms with E-state index in [1.54, 1.807) is 43.1 Å². The molecule has 2 amide bonds. The maximum atomic E-state index is 13.0. The second-order valence-corrected chi connectivity index (χ2v) is 6.94. The Morgan fingerprint density at radius 2 is 1.89 bits per heavy atom. The standard InChI is InChI=1S/C21H20ClFN2O2/c1-14(15-7-9-16(23)10-8-15)13-20(26)24(2)19-11-12-25(21(19)27)18-6-4-3-5-17(18)22/h3-10,13,19H,11-12H2,1-2H3. The lowest BCUT2D eigenvalue weighted by Gasteiger charge is -2.23. The molecular weight excluding hydrogens is 367 g/mol. The van der Waals surface area contributed by atoms with E-state index in [0.717, 1.165) is 5.56 Å². The highest BCUT2D eigenvalue weighted by Gasteiger charge is 2.37. The zero-order valence-electron chi connectivity index (χ0n) is 15.2. The summed E-state index contributed by atoms with van der Waals surface area (Å²) in [6.07, 6.45) is 2.01. The van der Waals surface area contributed by atoms with Crippen LogP contribution in [-0.2, 0) is 9.59 Å². The summed E-state index contributed by atoms with van der Waals surface area (Å²) in [5.74, 6) is -0.742. The average Bonchev–Trinajstić information content (AvgIpc) is 3.03. The van der Waals surface area contributed by atoms with Crippen molar-refractivity contribution in [2.45, 2.75) is 19.4 Å². The van der Waals surface area contributed by atoms with E-state index in [1.807, 2.05) is 12.1 Å². The molecule has 2 aromatic carbocycles. The van der Waals surface area contributed by atoms with Crippen LogP contribution in [0.1, 0.15) is 18.9 Å². The number of para-hydroxylation sites is 1. The molecule has 3 rings (SSSR count). The number of amides is 2. The van der Waals surface area contributed by atoms with Crippen LogP contribution in [0.4, 0.5) is 10.1 Å². The van der Waals surface area contributed by atoms with Crippen LogP contribution in [0.15, 0.2) is 54.6 Å². The molecule has 2 aromatic rings. The first-order valence-corrected chi connectivity index (χ1v) is 9.03. The minimum Gasteiger partial charge on any atom is -0.330 e. The minimum atomic E-state index is -0.536. The fourth-order valence-electron chi connectivity index (χ4n) is 3.17. The van der Waals surface area contributed by atoms with E-state index >= 15 is 0 Å². The highest BCUT2D eigenvalue weighted by molar-refractivity contribution is 6.34. The summed E-state index contributed by atoms with van der Waals surface area (Å²) in [6.45, 7) is 2.29. The topological polar surface area (TPSA) is 40.6 Å². The number of likely N-dealkylation sites (N-methyl/N-ethyl adjacent to an activating group) is 1. The van der Waals surface area contributed by atoms with Gasteiger partial charge < -0.3 is 9.80 Å². The van der Waals surface area contributed by atoms with Crippen molar-refractivity contribution >= 4 is 34.7 Å². The first-order chi connectivity index (χ1) is 12.9. The predicted octanol–water partition coefficient (Wildman–Crippen LogP) is 4.15. The first-order valence-electron chi connectivity index (χ1n) is 8.65. The Balaban J connectivity index is 1.74. The maximum Gasteiger partial charge on any atom is 0.249 e. The number of allylic oxidation sites excluding steroid dienone is 1. The Kier molecular flexibility index (Phi) is 5.61. The molecule has 1 saturated heterocycles. The van der Waals surface area contributed by atoms with Crippen LogP contribution < -0.4 is 4.90 Å². The minimum absolute atomic E-state index is 0.146. The lowest BCUT2D eigenvalue weighted by Crippen LogP contribution is -2.42. The van der Waals surface area contributed by atoms with Crippen LogP contribution in [-0.4, -0.2) is 36.3 Å². The van der Waals surface area contributed by atoms with Gasteiger partial charge in [-0.3, -0.25) is 9.59 Å². The Hall–Kier alpha value is -2.66. The van der Waals surface area contributed by atoms with Crippen molar-refractivity contribution in [1.29, 1.82) is 0 Å². The first kappa shape index (κ1) is 19.1. The summed E-state index contributed by atoms with van der Waals surface area (Å²) < 4.78 is 13.0. The monoisotopic (exact) mass is 386 g/mol. The molecule has 1 heterocycles. The number of rotatable bonds is 4. The number of carbonyl (C=O) groups excluding carboxylic acids is 2. The van der Waals surface area contributed by atoms with Gasteiger partial charge in [0.1, 0.15) is 11.9 Å². The van der Waals surface area contributed by atoms with Gasteiger partial charge in [0.2, 0.25) is 11.8 Å². The number of nitrogens with zero attached hydrogens (tertiary/aromatic N) is 2. The number of halogens is 2. The molecule has 0 saturated carbocycles. The quantitative estimate of drug-likeness (QED) is 0.741. The van der Waals surface area contributed by atoms with Gasteiger partial charge in [-0.2, -0.15) is 0 Å². The number of hydrogen-bond acceptors (Lipinski definition) is 2. The van der Waals surface area contributed by atoms with Crippen molar-refractivity contribution in [2.24, 2.45) is 0 Å². The number of benzene rings is 2. The van der Waals surface area contributed by atoms with Gasteiger partial charge in [-0.15, -0.1) is 0 Å². The molecule has 0 aliphatic carbocycles.